The smallest absolute Gasteiger partial charge is 0.0499 e. The lowest BCUT2D eigenvalue weighted by atomic mass is 9.57. The Labute approximate surface area is 112 Å². The van der Waals surface area contributed by atoms with Crippen molar-refractivity contribution in [1.29, 1.82) is 0 Å². The quantitative estimate of drug-likeness (QED) is 0.804. The molecule has 0 aliphatic heterocycles. The third kappa shape index (κ3) is 2.22. The first-order chi connectivity index (χ1) is 8.79. The average Bonchev–Trinajstić information content (AvgIpc) is 2.88. The van der Waals surface area contributed by atoms with Crippen molar-refractivity contribution in [3.8, 4) is 0 Å². The Balaban J connectivity index is 1.53. The lowest BCUT2D eigenvalue weighted by Gasteiger charge is -2.53. The van der Waals surface area contributed by atoms with E-state index in [0.717, 1.165) is 12.6 Å². The molecule has 3 fully saturated rings. The third-order valence-corrected chi connectivity index (χ3v) is 6.24. The second kappa shape index (κ2) is 5.13. The molecule has 0 amide bonds. The highest BCUT2D eigenvalue weighted by molar-refractivity contribution is 5.02. The average molecular weight is 251 g/mol. The van der Waals surface area contributed by atoms with E-state index in [9.17, 15) is 5.11 Å². The fourth-order valence-corrected chi connectivity index (χ4v) is 4.73. The maximum absolute atomic E-state index is 9.68. The van der Waals surface area contributed by atoms with Crippen molar-refractivity contribution in [2.24, 2.45) is 10.8 Å². The summed E-state index contributed by atoms with van der Waals surface area (Å²) in [5, 5.41) is 13.5. The summed E-state index contributed by atoms with van der Waals surface area (Å²) in [5.41, 5.74) is 0.888. The van der Waals surface area contributed by atoms with Crippen LogP contribution in [0.1, 0.15) is 70.6 Å². The zero-order valence-corrected chi connectivity index (χ0v) is 11.7. The van der Waals surface area contributed by atoms with E-state index >= 15 is 0 Å². The molecule has 0 bridgehead atoms. The van der Waals surface area contributed by atoms with Crippen molar-refractivity contribution < 1.29 is 5.11 Å². The van der Waals surface area contributed by atoms with E-state index < -0.39 is 0 Å². The van der Waals surface area contributed by atoms with E-state index in [4.69, 9.17) is 0 Å². The Kier molecular flexibility index (Phi) is 3.68. The highest BCUT2D eigenvalue weighted by atomic mass is 16.3. The molecule has 0 heterocycles. The zero-order chi connectivity index (χ0) is 12.5. The fourth-order valence-electron chi connectivity index (χ4n) is 4.73. The van der Waals surface area contributed by atoms with Gasteiger partial charge in [0.15, 0.2) is 0 Å². The van der Waals surface area contributed by atoms with Crippen molar-refractivity contribution >= 4 is 0 Å². The van der Waals surface area contributed by atoms with Crippen molar-refractivity contribution in [3.63, 3.8) is 0 Å². The minimum absolute atomic E-state index is 0.228. The van der Waals surface area contributed by atoms with E-state index in [-0.39, 0.29) is 5.41 Å². The Morgan fingerprint density at radius 2 is 1.56 bits per heavy atom. The standard InChI is InChI=1S/C16H29NO/c18-13-15(7-4-5-8-15)12-17-14-6-11-16(14)9-2-1-3-10-16/h14,17-18H,1-13H2. The molecule has 3 aliphatic rings. The van der Waals surface area contributed by atoms with E-state index in [1.54, 1.807) is 0 Å². The van der Waals surface area contributed by atoms with Gasteiger partial charge >= 0.3 is 0 Å². The molecular formula is C16H29NO. The molecule has 0 aromatic carbocycles. The summed E-state index contributed by atoms with van der Waals surface area (Å²) in [4.78, 5) is 0. The molecule has 3 rings (SSSR count). The minimum Gasteiger partial charge on any atom is -0.396 e. The SMILES string of the molecule is OCC1(CNC2CCC23CCCCC3)CCCC1. The van der Waals surface area contributed by atoms with Gasteiger partial charge in [-0.3, -0.25) is 0 Å². The first-order valence-corrected chi connectivity index (χ1v) is 8.13. The number of hydrogen-bond acceptors (Lipinski definition) is 2. The fraction of sp³-hybridized carbons (Fsp3) is 1.00. The van der Waals surface area contributed by atoms with Gasteiger partial charge in [-0.2, -0.15) is 0 Å². The van der Waals surface area contributed by atoms with Crippen molar-refractivity contribution in [3.05, 3.63) is 0 Å². The van der Waals surface area contributed by atoms with Gasteiger partial charge in [0.05, 0.1) is 0 Å². The molecule has 18 heavy (non-hydrogen) atoms. The maximum Gasteiger partial charge on any atom is 0.0499 e. The van der Waals surface area contributed by atoms with Crippen molar-refractivity contribution in [1.82, 2.24) is 5.32 Å². The topological polar surface area (TPSA) is 32.3 Å². The van der Waals surface area contributed by atoms with E-state index in [1.807, 2.05) is 0 Å². The van der Waals surface area contributed by atoms with Crippen LogP contribution in [0.25, 0.3) is 0 Å². The van der Waals surface area contributed by atoms with Crippen molar-refractivity contribution in [2.75, 3.05) is 13.2 Å². The first-order valence-electron chi connectivity index (χ1n) is 8.13. The van der Waals surface area contributed by atoms with Gasteiger partial charge in [0.25, 0.3) is 0 Å². The lowest BCUT2D eigenvalue weighted by Crippen LogP contribution is -2.56. The zero-order valence-electron chi connectivity index (χ0n) is 11.7. The van der Waals surface area contributed by atoms with Crippen LogP contribution in [0, 0.1) is 10.8 Å². The van der Waals surface area contributed by atoms with Gasteiger partial charge in [0.1, 0.15) is 0 Å². The number of aliphatic hydroxyl groups is 1. The molecule has 1 atom stereocenters. The van der Waals surface area contributed by atoms with Crippen LogP contribution in [-0.2, 0) is 0 Å². The summed E-state index contributed by atoms with van der Waals surface area (Å²) < 4.78 is 0. The van der Waals surface area contributed by atoms with Crippen LogP contribution >= 0.6 is 0 Å². The lowest BCUT2D eigenvalue weighted by molar-refractivity contribution is 0.0112. The van der Waals surface area contributed by atoms with Crippen LogP contribution in [-0.4, -0.2) is 24.3 Å². The van der Waals surface area contributed by atoms with Crippen LogP contribution < -0.4 is 5.32 Å². The summed E-state index contributed by atoms with van der Waals surface area (Å²) in [7, 11) is 0. The molecule has 1 spiro atoms. The molecule has 2 heteroatoms. The molecule has 0 radical (unpaired) electrons. The second-order valence-corrected chi connectivity index (χ2v) is 7.26. The number of nitrogens with one attached hydrogen (secondary N) is 1. The molecule has 104 valence electrons. The summed E-state index contributed by atoms with van der Waals surface area (Å²) >= 11 is 0. The highest BCUT2D eigenvalue weighted by Gasteiger charge is 2.47. The van der Waals surface area contributed by atoms with Gasteiger partial charge in [-0.1, -0.05) is 32.1 Å². The van der Waals surface area contributed by atoms with E-state index in [0.29, 0.717) is 12.0 Å². The molecule has 2 N–H and O–H groups in total. The number of rotatable bonds is 4. The molecule has 0 aromatic heterocycles. The predicted octanol–water partition coefficient (Wildman–Crippen LogP) is 3.24. The monoisotopic (exact) mass is 251 g/mol. The van der Waals surface area contributed by atoms with Crippen LogP contribution in [0.4, 0.5) is 0 Å². The van der Waals surface area contributed by atoms with Crippen LogP contribution in [0.3, 0.4) is 0 Å². The molecule has 2 nitrogen and oxygen atoms in total. The Morgan fingerprint density at radius 1 is 0.889 bits per heavy atom. The number of aliphatic hydroxyl groups excluding tert-OH is 1. The molecular weight excluding hydrogens is 222 g/mol. The van der Waals surface area contributed by atoms with Gasteiger partial charge in [0.2, 0.25) is 0 Å². The van der Waals surface area contributed by atoms with E-state index in [1.165, 1.54) is 70.6 Å². The van der Waals surface area contributed by atoms with E-state index in [2.05, 4.69) is 5.32 Å². The van der Waals surface area contributed by atoms with Gasteiger partial charge in [-0.15, -0.1) is 0 Å². The molecule has 1 unspecified atom stereocenters. The summed E-state index contributed by atoms with van der Waals surface area (Å²) in [6.45, 7) is 1.45. The summed E-state index contributed by atoms with van der Waals surface area (Å²) in [6.07, 6.45) is 15.2. The summed E-state index contributed by atoms with van der Waals surface area (Å²) in [6, 6.07) is 0.766. The van der Waals surface area contributed by atoms with Gasteiger partial charge in [-0.25, -0.2) is 0 Å². The molecule has 3 saturated carbocycles. The van der Waals surface area contributed by atoms with Crippen molar-refractivity contribution in [2.45, 2.75) is 76.7 Å². The maximum atomic E-state index is 9.68. The molecule has 0 aromatic rings. The Morgan fingerprint density at radius 3 is 2.11 bits per heavy atom. The third-order valence-electron chi connectivity index (χ3n) is 6.24. The summed E-state index contributed by atoms with van der Waals surface area (Å²) in [5.74, 6) is 0. The number of hydrogen-bond donors (Lipinski definition) is 2. The first kappa shape index (κ1) is 12.9. The normalized spacial score (nSPS) is 33.5. The van der Waals surface area contributed by atoms with Crippen LogP contribution in [0.5, 0.6) is 0 Å². The van der Waals surface area contributed by atoms with Gasteiger partial charge < -0.3 is 10.4 Å². The van der Waals surface area contributed by atoms with Crippen LogP contribution in [0.15, 0.2) is 0 Å². The molecule has 0 saturated heterocycles. The van der Waals surface area contributed by atoms with Gasteiger partial charge in [0, 0.05) is 24.6 Å². The highest BCUT2D eigenvalue weighted by Crippen LogP contribution is 2.52. The molecule has 3 aliphatic carbocycles. The minimum atomic E-state index is 0.228. The Bertz CT molecular complexity index is 277. The predicted molar refractivity (Wildman–Crippen MR) is 74.5 cm³/mol. The van der Waals surface area contributed by atoms with Gasteiger partial charge in [-0.05, 0) is 43.9 Å². The Hall–Kier alpha value is -0.0800. The second-order valence-electron chi connectivity index (χ2n) is 7.26. The largest absolute Gasteiger partial charge is 0.396 e. The van der Waals surface area contributed by atoms with Crippen LogP contribution in [0.2, 0.25) is 0 Å².